The quantitative estimate of drug-likeness (QED) is 0.659. The van der Waals surface area contributed by atoms with Crippen LogP contribution in [0.2, 0.25) is 5.02 Å². The second-order valence-corrected chi connectivity index (χ2v) is 8.92. The predicted octanol–water partition coefficient (Wildman–Crippen LogP) is 3.31. The van der Waals surface area contributed by atoms with Crippen molar-refractivity contribution in [2.45, 2.75) is 26.8 Å². The summed E-state index contributed by atoms with van der Waals surface area (Å²) in [4.78, 5) is 12.6. The van der Waals surface area contributed by atoms with Crippen molar-refractivity contribution in [2.24, 2.45) is 0 Å². The Hall–Kier alpha value is -2.25. The van der Waals surface area contributed by atoms with Gasteiger partial charge in [-0.25, -0.2) is 8.42 Å². The summed E-state index contributed by atoms with van der Waals surface area (Å²) in [6.07, 6.45) is 1.07. The Kier molecular flexibility index (Phi) is 7.32. The molecule has 0 heterocycles. The van der Waals surface area contributed by atoms with Gasteiger partial charge in [0.2, 0.25) is 15.9 Å². The van der Waals surface area contributed by atoms with E-state index in [9.17, 15) is 13.2 Å². The molecule has 2 rings (SSSR count). The molecule has 0 bridgehead atoms. The largest absolute Gasteiger partial charge is 0.492 e. The fourth-order valence-corrected chi connectivity index (χ4v) is 4.19. The number of amides is 1. The van der Waals surface area contributed by atoms with Crippen molar-refractivity contribution in [1.29, 1.82) is 0 Å². The van der Waals surface area contributed by atoms with Crippen molar-refractivity contribution in [3.05, 3.63) is 58.6 Å². The minimum atomic E-state index is -3.70. The minimum absolute atomic E-state index is 0.253. The summed E-state index contributed by atoms with van der Waals surface area (Å²) in [5.74, 6) is 0.298. The Bertz CT molecular complexity index is 947. The van der Waals surface area contributed by atoms with Gasteiger partial charge < -0.3 is 10.1 Å². The third kappa shape index (κ3) is 5.87. The van der Waals surface area contributed by atoms with E-state index in [0.717, 1.165) is 21.9 Å². The first-order chi connectivity index (χ1) is 13.1. The highest BCUT2D eigenvalue weighted by Gasteiger charge is 2.30. The molecule has 2 aromatic carbocycles. The van der Waals surface area contributed by atoms with Crippen LogP contribution in [0.5, 0.6) is 5.75 Å². The van der Waals surface area contributed by atoms with E-state index in [1.165, 1.54) is 6.92 Å². The smallest absolute Gasteiger partial charge is 0.243 e. The molecule has 0 aliphatic heterocycles. The first-order valence-corrected chi connectivity index (χ1v) is 11.0. The van der Waals surface area contributed by atoms with Gasteiger partial charge in [0.1, 0.15) is 18.4 Å². The fraction of sp³-hybridized carbons (Fsp3) is 0.350. The molecule has 0 aromatic heterocycles. The molecule has 0 radical (unpaired) electrons. The summed E-state index contributed by atoms with van der Waals surface area (Å²) in [5, 5.41) is 3.12. The normalized spacial score (nSPS) is 12.3. The van der Waals surface area contributed by atoms with Crippen molar-refractivity contribution in [2.75, 3.05) is 23.7 Å². The van der Waals surface area contributed by atoms with Crippen LogP contribution in [0.4, 0.5) is 5.69 Å². The third-order valence-corrected chi connectivity index (χ3v) is 5.62. The summed E-state index contributed by atoms with van der Waals surface area (Å²) in [6, 6.07) is 11.6. The lowest BCUT2D eigenvalue weighted by Crippen LogP contribution is -2.48. The van der Waals surface area contributed by atoms with Crippen LogP contribution in [-0.2, 0) is 14.8 Å². The Labute approximate surface area is 171 Å². The van der Waals surface area contributed by atoms with Gasteiger partial charge in [-0.05, 0) is 56.2 Å². The van der Waals surface area contributed by atoms with Crippen molar-refractivity contribution in [3.63, 3.8) is 0 Å². The van der Waals surface area contributed by atoms with Crippen LogP contribution in [-0.4, -0.2) is 39.8 Å². The molecule has 0 aliphatic rings. The molecule has 6 nitrogen and oxygen atoms in total. The zero-order valence-electron chi connectivity index (χ0n) is 16.4. The summed E-state index contributed by atoms with van der Waals surface area (Å²) in [6.45, 7) is 5.80. The Morgan fingerprint density at radius 2 is 1.93 bits per heavy atom. The predicted molar refractivity (Wildman–Crippen MR) is 113 cm³/mol. The molecular formula is C20H25ClN2O4S. The number of anilines is 1. The van der Waals surface area contributed by atoms with Gasteiger partial charge in [0.05, 0.1) is 18.5 Å². The molecule has 0 saturated carbocycles. The van der Waals surface area contributed by atoms with E-state index in [-0.39, 0.29) is 13.2 Å². The van der Waals surface area contributed by atoms with Gasteiger partial charge in [0.25, 0.3) is 0 Å². The Balaban J connectivity index is 2.04. The fourth-order valence-electron chi connectivity index (χ4n) is 2.80. The van der Waals surface area contributed by atoms with Gasteiger partial charge >= 0.3 is 0 Å². The zero-order valence-corrected chi connectivity index (χ0v) is 18.0. The maximum atomic E-state index is 12.6. The number of aryl methyl sites for hydroxylation is 2. The molecule has 1 N–H and O–H groups in total. The third-order valence-electron chi connectivity index (χ3n) is 4.16. The molecule has 1 unspecified atom stereocenters. The molecule has 8 heteroatoms. The molecule has 1 amide bonds. The molecule has 1 atom stereocenters. The summed E-state index contributed by atoms with van der Waals surface area (Å²) in [5.41, 5.74) is 2.17. The molecule has 152 valence electrons. The molecule has 2 aromatic rings. The van der Waals surface area contributed by atoms with E-state index in [1.54, 1.807) is 25.1 Å². The molecular weight excluding hydrogens is 400 g/mol. The highest BCUT2D eigenvalue weighted by molar-refractivity contribution is 7.92. The van der Waals surface area contributed by atoms with Gasteiger partial charge in [-0.1, -0.05) is 29.8 Å². The van der Waals surface area contributed by atoms with Crippen molar-refractivity contribution in [1.82, 2.24) is 5.32 Å². The van der Waals surface area contributed by atoms with Crippen LogP contribution in [0.3, 0.4) is 0 Å². The van der Waals surface area contributed by atoms with Gasteiger partial charge in [0.15, 0.2) is 0 Å². The van der Waals surface area contributed by atoms with Crippen molar-refractivity contribution >= 4 is 33.2 Å². The van der Waals surface area contributed by atoms with E-state index in [4.69, 9.17) is 16.3 Å². The second-order valence-electron chi connectivity index (χ2n) is 6.62. The topological polar surface area (TPSA) is 75.7 Å². The average molecular weight is 425 g/mol. The molecule has 0 aliphatic carbocycles. The lowest BCUT2D eigenvalue weighted by molar-refractivity contribution is -0.121. The monoisotopic (exact) mass is 424 g/mol. The van der Waals surface area contributed by atoms with E-state index in [0.29, 0.717) is 16.3 Å². The summed E-state index contributed by atoms with van der Waals surface area (Å²) < 4.78 is 31.4. The molecule has 0 fully saturated rings. The van der Waals surface area contributed by atoms with Gasteiger partial charge in [0, 0.05) is 5.02 Å². The zero-order chi connectivity index (χ0) is 20.9. The lowest BCUT2D eigenvalue weighted by atomic mass is 10.2. The number of ether oxygens (including phenoxy) is 1. The number of carbonyl (C=O) groups excluding carboxylic acids is 1. The van der Waals surface area contributed by atoms with Crippen LogP contribution < -0.4 is 14.4 Å². The number of nitrogens with one attached hydrogen (secondary N) is 1. The number of halogens is 1. The average Bonchev–Trinajstić information content (AvgIpc) is 2.60. The van der Waals surface area contributed by atoms with E-state index in [2.05, 4.69) is 5.32 Å². The highest BCUT2D eigenvalue weighted by Crippen LogP contribution is 2.28. The first-order valence-electron chi connectivity index (χ1n) is 8.82. The van der Waals surface area contributed by atoms with Crippen LogP contribution in [0.15, 0.2) is 42.5 Å². The van der Waals surface area contributed by atoms with Crippen LogP contribution in [0.25, 0.3) is 0 Å². The second kappa shape index (κ2) is 9.30. The summed E-state index contributed by atoms with van der Waals surface area (Å²) >= 11 is 6.03. The van der Waals surface area contributed by atoms with Gasteiger partial charge in [-0.3, -0.25) is 9.10 Å². The van der Waals surface area contributed by atoms with Gasteiger partial charge in [-0.15, -0.1) is 0 Å². The van der Waals surface area contributed by atoms with Crippen LogP contribution in [0.1, 0.15) is 18.1 Å². The number of benzene rings is 2. The standard InChI is InChI=1S/C20H25ClN2O4S/c1-14-6-5-7-18(12-14)27-11-10-22-20(24)16(3)23(28(4,25)26)19-13-17(21)9-8-15(19)2/h5-9,12-13,16H,10-11H2,1-4H3,(H,22,24). The number of sulfonamides is 1. The number of carbonyl (C=O) groups is 1. The van der Waals surface area contributed by atoms with Crippen LogP contribution >= 0.6 is 11.6 Å². The maximum Gasteiger partial charge on any atom is 0.243 e. The van der Waals surface area contributed by atoms with E-state index < -0.39 is 22.0 Å². The van der Waals surface area contributed by atoms with Crippen molar-refractivity contribution < 1.29 is 17.9 Å². The lowest BCUT2D eigenvalue weighted by Gasteiger charge is -2.29. The number of hydrogen-bond acceptors (Lipinski definition) is 4. The van der Waals surface area contributed by atoms with Gasteiger partial charge in [-0.2, -0.15) is 0 Å². The Morgan fingerprint density at radius 1 is 1.21 bits per heavy atom. The van der Waals surface area contributed by atoms with E-state index >= 15 is 0 Å². The highest BCUT2D eigenvalue weighted by atomic mass is 35.5. The molecule has 28 heavy (non-hydrogen) atoms. The van der Waals surface area contributed by atoms with E-state index in [1.807, 2.05) is 31.2 Å². The first kappa shape index (κ1) is 22.0. The molecule has 0 spiro atoms. The van der Waals surface area contributed by atoms with Crippen molar-refractivity contribution in [3.8, 4) is 5.75 Å². The minimum Gasteiger partial charge on any atom is -0.492 e. The summed E-state index contributed by atoms with van der Waals surface area (Å²) in [7, 11) is -3.70. The number of hydrogen-bond donors (Lipinski definition) is 1. The molecule has 0 saturated heterocycles. The number of rotatable bonds is 8. The van der Waals surface area contributed by atoms with Crippen LogP contribution in [0, 0.1) is 13.8 Å². The maximum absolute atomic E-state index is 12.6. The number of nitrogens with zero attached hydrogens (tertiary/aromatic N) is 1. The SMILES string of the molecule is Cc1cccc(OCCNC(=O)C(C)N(c2cc(Cl)ccc2C)S(C)(=O)=O)c1. The Morgan fingerprint density at radius 3 is 2.57 bits per heavy atom.